The third-order valence-corrected chi connectivity index (χ3v) is 6.50. The lowest BCUT2D eigenvalue weighted by Gasteiger charge is -2.18. The first-order chi connectivity index (χ1) is 12.7. The highest BCUT2D eigenvalue weighted by molar-refractivity contribution is 8.00. The van der Waals surface area contributed by atoms with Crippen molar-refractivity contribution in [2.45, 2.75) is 55.5 Å². The van der Waals surface area contributed by atoms with Gasteiger partial charge in [-0.05, 0) is 24.8 Å². The largest absolute Gasteiger partial charge is 0.394 e. The maximum Gasteiger partial charge on any atom is 0.315 e. The van der Waals surface area contributed by atoms with Crippen molar-refractivity contribution >= 4 is 23.7 Å². The van der Waals surface area contributed by atoms with Crippen molar-refractivity contribution in [3.63, 3.8) is 0 Å². The average Bonchev–Trinajstić information content (AvgIpc) is 3.18. The molecule has 2 saturated heterocycles. The molecule has 2 aliphatic rings. The Kier molecular flexibility index (Phi) is 6.80. The highest BCUT2D eigenvalue weighted by Crippen LogP contribution is 2.33. The molecule has 1 aromatic carbocycles. The van der Waals surface area contributed by atoms with Gasteiger partial charge in [-0.1, -0.05) is 36.8 Å². The van der Waals surface area contributed by atoms with Crippen LogP contribution in [0.25, 0.3) is 0 Å². The van der Waals surface area contributed by atoms with Crippen molar-refractivity contribution in [1.29, 1.82) is 0 Å². The van der Waals surface area contributed by atoms with Gasteiger partial charge < -0.3 is 21.1 Å². The van der Waals surface area contributed by atoms with E-state index in [0.29, 0.717) is 18.1 Å². The summed E-state index contributed by atoms with van der Waals surface area (Å²) in [6.07, 6.45) is 3.91. The van der Waals surface area contributed by atoms with E-state index < -0.39 is 0 Å². The summed E-state index contributed by atoms with van der Waals surface area (Å²) in [7, 11) is 0. The van der Waals surface area contributed by atoms with E-state index in [1.165, 1.54) is 0 Å². The fourth-order valence-corrected chi connectivity index (χ4v) is 5.18. The molecule has 0 aliphatic carbocycles. The number of carbonyl (C=O) groups excluding carboxylic acids is 2. The number of unbranched alkanes of at least 4 members (excludes halogenated alkanes) is 1. The molecule has 0 unspecified atom stereocenters. The third kappa shape index (κ3) is 5.14. The first-order valence-corrected chi connectivity index (χ1v) is 10.3. The van der Waals surface area contributed by atoms with Gasteiger partial charge in [-0.2, -0.15) is 11.8 Å². The number of fused-ring (bicyclic) bond motifs is 1. The van der Waals surface area contributed by atoms with Crippen LogP contribution in [0.5, 0.6) is 0 Å². The minimum atomic E-state index is -0.240. The van der Waals surface area contributed by atoms with Crippen molar-refractivity contribution in [2.75, 3.05) is 12.4 Å². The Balaban J connectivity index is 1.33. The highest BCUT2D eigenvalue weighted by Gasteiger charge is 2.42. The molecule has 0 spiro atoms. The molecule has 0 bridgehead atoms. The first kappa shape index (κ1) is 19.0. The van der Waals surface area contributed by atoms with Crippen LogP contribution < -0.4 is 16.0 Å². The van der Waals surface area contributed by atoms with Crippen molar-refractivity contribution in [1.82, 2.24) is 16.0 Å². The number of urea groups is 1. The lowest BCUT2D eigenvalue weighted by molar-refractivity contribution is -0.122. The van der Waals surface area contributed by atoms with E-state index >= 15 is 0 Å². The molecule has 1 aromatic rings. The number of thioether (sulfide) groups is 1. The zero-order valence-corrected chi connectivity index (χ0v) is 15.6. The Labute approximate surface area is 158 Å². The predicted molar refractivity (Wildman–Crippen MR) is 103 cm³/mol. The number of benzene rings is 1. The number of carbonyl (C=O) groups is 2. The van der Waals surface area contributed by atoms with E-state index in [-0.39, 0.29) is 36.7 Å². The van der Waals surface area contributed by atoms with Crippen LogP contribution in [-0.4, -0.2) is 52.8 Å². The van der Waals surface area contributed by atoms with E-state index in [4.69, 9.17) is 0 Å². The van der Waals surface area contributed by atoms with Crippen LogP contribution in [0.4, 0.5) is 4.79 Å². The number of aliphatic hydroxyl groups excluding tert-OH is 1. The van der Waals surface area contributed by atoms with Gasteiger partial charge >= 0.3 is 6.03 Å². The molecule has 6 nitrogen and oxygen atoms in total. The molecule has 3 rings (SSSR count). The van der Waals surface area contributed by atoms with Crippen LogP contribution in [0.2, 0.25) is 0 Å². The minimum absolute atomic E-state index is 0.00670. The van der Waals surface area contributed by atoms with E-state index in [1.807, 2.05) is 42.1 Å². The molecule has 0 aromatic heterocycles. The zero-order valence-electron chi connectivity index (χ0n) is 14.8. The molecule has 7 heteroatoms. The van der Waals surface area contributed by atoms with E-state index in [9.17, 15) is 14.7 Å². The summed E-state index contributed by atoms with van der Waals surface area (Å²) in [6.45, 7) is -0.0604. The van der Waals surface area contributed by atoms with Crippen LogP contribution in [0.15, 0.2) is 30.3 Å². The van der Waals surface area contributed by atoms with Gasteiger partial charge in [0.05, 0.1) is 24.7 Å². The standard InChI is InChI=1S/C19H27N3O3S/c23-11-14(10-13-6-2-1-3-7-13)20-17(24)9-5-4-8-16-18-15(12-26-16)21-19(25)22-18/h1-3,6-7,14-16,18,23H,4-5,8-12H2,(H,20,24)(H2,21,22,25)/t14-,15+,16+,18+/m1/s1. The molecule has 3 amide bonds. The number of hydrogen-bond donors (Lipinski definition) is 4. The Hall–Kier alpha value is -1.73. The molecule has 0 radical (unpaired) electrons. The van der Waals surface area contributed by atoms with Gasteiger partial charge in [0.1, 0.15) is 0 Å². The summed E-state index contributed by atoms with van der Waals surface area (Å²) >= 11 is 1.90. The van der Waals surface area contributed by atoms with Gasteiger partial charge in [0.25, 0.3) is 0 Å². The fourth-order valence-electron chi connectivity index (χ4n) is 3.63. The number of aliphatic hydroxyl groups is 1. The molecule has 2 fully saturated rings. The Bertz CT molecular complexity index is 613. The average molecular weight is 378 g/mol. The van der Waals surface area contributed by atoms with Crippen LogP contribution in [0.1, 0.15) is 31.2 Å². The van der Waals surface area contributed by atoms with E-state index in [0.717, 1.165) is 30.6 Å². The zero-order chi connectivity index (χ0) is 18.4. The molecule has 2 aliphatic heterocycles. The Morgan fingerprint density at radius 1 is 1.27 bits per heavy atom. The lowest BCUT2D eigenvalue weighted by Crippen LogP contribution is -2.39. The second-order valence-electron chi connectivity index (χ2n) is 7.00. The number of nitrogens with one attached hydrogen (secondary N) is 3. The molecule has 0 saturated carbocycles. The van der Waals surface area contributed by atoms with Gasteiger partial charge in [-0.3, -0.25) is 4.79 Å². The van der Waals surface area contributed by atoms with Gasteiger partial charge in [0, 0.05) is 17.4 Å². The van der Waals surface area contributed by atoms with E-state index in [2.05, 4.69) is 16.0 Å². The highest BCUT2D eigenvalue weighted by atomic mass is 32.2. The quantitative estimate of drug-likeness (QED) is 0.387. The van der Waals surface area contributed by atoms with Crippen molar-refractivity contribution < 1.29 is 14.7 Å². The van der Waals surface area contributed by atoms with Crippen LogP contribution in [-0.2, 0) is 11.2 Å². The summed E-state index contributed by atoms with van der Waals surface area (Å²) in [4.78, 5) is 23.5. The summed E-state index contributed by atoms with van der Waals surface area (Å²) < 4.78 is 0. The summed E-state index contributed by atoms with van der Waals surface area (Å²) in [5.41, 5.74) is 1.10. The SMILES string of the molecule is O=C(CCCC[C@@H]1SC[C@@H]2NC(=O)N[C@@H]21)N[C@@H](CO)Cc1ccccc1. The van der Waals surface area contributed by atoms with Crippen molar-refractivity contribution in [3.05, 3.63) is 35.9 Å². The monoisotopic (exact) mass is 377 g/mol. The lowest BCUT2D eigenvalue weighted by atomic mass is 10.0. The van der Waals surface area contributed by atoms with Crippen molar-refractivity contribution in [3.8, 4) is 0 Å². The molecule has 26 heavy (non-hydrogen) atoms. The van der Waals surface area contributed by atoms with Gasteiger partial charge in [-0.15, -0.1) is 0 Å². The molecule has 2 heterocycles. The number of hydrogen-bond acceptors (Lipinski definition) is 4. The molecular formula is C19H27N3O3S. The molecule has 142 valence electrons. The summed E-state index contributed by atoms with van der Waals surface area (Å²) in [5.74, 6) is 0.958. The molecular weight excluding hydrogens is 350 g/mol. The fraction of sp³-hybridized carbons (Fsp3) is 0.579. The molecule has 4 atom stereocenters. The van der Waals surface area contributed by atoms with Crippen LogP contribution in [0.3, 0.4) is 0 Å². The summed E-state index contributed by atoms with van der Waals surface area (Å²) in [5, 5.41) is 18.8. The Morgan fingerprint density at radius 3 is 2.85 bits per heavy atom. The smallest absolute Gasteiger partial charge is 0.315 e. The Morgan fingerprint density at radius 2 is 2.08 bits per heavy atom. The number of amides is 3. The topological polar surface area (TPSA) is 90.5 Å². The van der Waals surface area contributed by atoms with Gasteiger partial charge in [0.2, 0.25) is 5.91 Å². The van der Waals surface area contributed by atoms with Gasteiger partial charge in [0.15, 0.2) is 0 Å². The summed E-state index contributed by atoms with van der Waals surface area (Å²) in [6, 6.07) is 10.0. The maximum absolute atomic E-state index is 12.1. The third-order valence-electron chi connectivity index (χ3n) is 4.99. The molecule has 4 N–H and O–H groups in total. The maximum atomic E-state index is 12.1. The van der Waals surface area contributed by atoms with Gasteiger partial charge in [-0.25, -0.2) is 4.79 Å². The van der Waals surface area contributed by atoms with E-state index in [1.54, 1.807) is 0 Å². The minimum Gasteiger partial charge on any atom is -0.394 e. The second kappa shape index (κ2) is 9.28. The normalized spacial score (nSPS) is 25.3. The predicted octanol–water partition coefficient (Wildman–Crippen LogP) is 1.43. The first-order valence-electron chi connectivity index (χ1n) is 9.28. The van der Waals surface area contributed by atoms with Crippen LogP contribution >= 0.6 is 11.8 Å². The number of rotatable bonds is 9. The second-order valence-corrected chi connectivity index (χ2v) is 8.28. The van der Waals surface area contributed by atoms with Crippen LogP contribution in [0, 0.1) is 0 Å². The van der Waals surface area contributed by atoms with Crippen molar-refractivity contribution in [2.24, 2.45) is 0 Å².